The quantitative estimate of drug-likeness (QED) is 0.222. The molecule has 4 rings (SSSR count). The highest BCUT2D eigenvalue weighted by atomic mass is 16.6. The number of carbonyl (C=O) groups excluding carboxylic acids is 5. The number of allylic oxidation sites excluding steroid dienone is 1. The molecule has 3 unspecified atom stereocenters. The summed E-state index contributed by atoms with van der Waals surface area (Å²) in [5, 5.41) is 0. The van der Waals surface area contributed by atoms with Gasteiger partial charge in [-0.2, -0.15) is 0 Å². The fourth-order valence-corrected chi connectivity index (χ4v) is 7.75. The van der Waals surface area contributed by atoms with E-state index in [9.17, 15) is 24.0 Å². The van der Waals surface area contributed by atoms with Crippen LogP contribution in [0.4, 0.5) is 0 Å². The first-order valence-electron chi connectivity index (χ1n) is 14.5. The predicted molar refractivity (Wildman–Crippen MR) is 146 cm³/mol. The van der Waals surface area contributed by atoms with Crippen LogP contribution in [0.3, 0.4) is 0 Å². The summed E-state index contributed by atoms with van der Waals surface area (Å²) in [5.74, 6) is -2.96. The van der Waals surface area contributed by atoms with Crippen LogP contribution in [-0.4, -0.2) is 73.6 Å². The lowest BCUT2D eigenvalue weighted by Crippen LogP contribution is -2.81. The molecule has 42 heavy (non-hydrogen) atoms. The van der Waals surface area contributed by atoms with E-state index in [1.54, 1.807) is 19.9 Å². The second-order valence-electron chi connectivity index (χ2n) is 12.4. The summed E-state index contributed by atoms with van der Waals surface area (Å²) in [7, 11) is 0. The topological polar surface area (TPSA) is 141 Å². The van der Waals surface area contributed by atoms with Crippen molar-refractivity contribution in [3.05, 3.63) is 23.3 Å². The monoisotopic (exact) mass is 590 g/mol. The number of hydrogen-bond donors (Lipinski definition) is 0. The van der Waals surface area contributed by atoms with Crippen LogP contribution in [-0.2, 0) is 52.4 Å². The highest BCUT2D eigenvalue weighted by Crippen LogP contribution is 2.70. The molecule has 0 aromatic heterocycles. The van der Waals surface area contributed by atoms with Crippen molar-refractivity contribution in [2.24, 2.45) is 22.7 Å². The largest absolute Gasteiger partial charge is 0.463 e. The van der Waals surface area contributed by atoms with Gasteiger partial charge in [0.15, 0.2) is 0 Å². The second kappa shape index (κ2) is 11.8. The maximum atomic E-state index is 13.2. The summed E-state index contributed by atoms with van der Waals surface area (Å²) in [6.07, 6.45) is 2.60. The molecule has 11 heteroatoms. The Hall–Kier alpha value is -3.21. The van der Waals surface area contributed by atoms with Gasteiger partial charge in [0.25, 0.3) is 0 Å². The van der Waals surface area contributed by atoms with Crippen LogP contribution < -0.4 is 0 Å². The van der Waals surface area contributed by atoms with Gasteiger partial charge < -0.3 is 28.4 Å². The summed E-state index contributed by atoms with van der Waals surface area (Å²) in [6.45, 7) is 11.7. The summed E-state index contributed by atoms with van der Waals surface area (Å²) in [4.78, 5) is 61.8. The van der Waals surface area contributed by atoms with Crippen LogP contribution in [0.1, 0.15) is 74.1 Å². The van der Waals surface area contributed by atoms with Crippen molar-refractivity contribution in [1.82, 2.24) is 0 Å². The van der Waals surface area contributed by atoms with E-state index in [2.05, 4.69) is 6.92 Å². The predicted octanol–water partition coefficient (Wildman–Crippen LogP) is 3.38. The molecule has 1 spiro atoms. The average molecular weight is 591 g/mol. The van der Waals surface area contributed by atoms with E-state index in [0.29, 0.717) is 30.4 Å². The Morgan fingerprint density at radius 1 is 1.10 bits per heavy atom. The van der Waals surface area contributed by atoms with Gasteiger partial charge in [0.2, 0.25) is 0 Å². The van der Waals surface area contributed by atoms with Crippen molar-refractivity contribution in [3.8, 4) is 0 Å². The number of ether oxygens (including phenoxy) is 6. The van der Waals surface area contributed by atoms with E-state index in [1.165, 1.54) is 26.8 Å². The molecule has 2 aliphatic heterocycles. The first-order chi connectivity index (χ1) is 19.7. The molecule has 3 fully saturated rings. The van der Waals surface area contributed by atoms with Crippen LogP contribution in [0.5, 0.6) is 0 Å². The molecule has 0 radical (unpaired) electrons. The van der Waals surface area contributed by atoms with E-state index in [1.807, 2.05) is 6.92 Å². The number of hydrogen-bond acceptors (Lipinski definition) is 11. The van der Waals surface area contributed by atoms with Crippen LogP contribution in [0.25, 0.3) is 0 Å². The van der Waals surface area contributed by atoms with E-state index >= 15 is 0 Å². The lowest BCUT2D eigenvalue weighted by Gasteiger charge is -2.73. The first kappa shape index (κ1) is 31.7. The van der Waals surface area contributed by atoms with Gasteiger partial charge in [0, 0.05) is 43.9 Å². The third-order valence-corrected chi connectivity index (χ3v) is 10.0. The van der Waals surface area contributed by atoms with Gasteiger partial charge >= 0.3 is 29.8 Å². The molecule has 2 saturated carbocycles. The zero-order chi connectivity index (χ0) is 31.0. The lowest BCUT2D eigenvalue weighted by molar-refractivity contribution is -0.390. The van der Waals surface area contributed by atoms with Gasteiger partial charge in [-0.05, 0) is 50.9 Å². The first-order valence-corrected chi connectivity index (χ1v) is 14.5. The summed E-state index contributed by atoms with van der Waals surface area (Å²) < 4.78 is 35.0. The minimum Gasteiger partial charge on any atom is -0.463 e. The van der Waals surface area contributed by atoms with E-state index < -0.39 is 70.5 Å². The molecule has 1 saturated heterocycles. The maximum Gasteiger partial charge on any atom is 0.333 e. The Morgan fingerprint density at radius 3 is 2.33 bits per heavy atom. The van der Waals surface area contributed by atoms with Crippen molar-refractivity contribution in [2.75, 3.05) is 19.8 Å². The fourth-order valence-electron chi connectivity index (χ4n) is 7.75. The van der Waals surface area contributed by atoms with Gasteiger partial charge in [0.05, 0.1) is 12.0 Å². The molecule has 0 amide bonds. The third kappa shape index (κ3) is 5.47. The standard InChI is InChI=1S/C31H42O11/c1-8-17(2)28(36)42-23-9-10-30(15-38-19(4)32)31(16-39-30)25(41-21(6)34)11-18(3)29(7,27(23)31)13-24(40-20(5)33)22-12-26(35)37-14-22/h8,12,18,23-25,27H,9-11,13-16H2,1-7H3/b17-8+/t18-,23?,24?,25?,27-,29+,30-,31-/m0/s1. The summed E-state index contributed by atoms with van der Waals surface area (Å²) in [5.41, 5.74) is -1.54. The molecule has 232 valence electrons. The molecule has 0 aromatic rings. The Bertz CT molecular complexity index is 1200. The molecule has 8 atom stereocenters. The van der Waals surface area contributed by atoms with E-state index in [0.717, 1.165) is 0 Å². The van der Waals surface area contributed by atoms with E-state index in [-0.39, 0.29) is 32.2 Å². The molecular formula is C31H42O11. The van der Waals surface area contributed by atoms with Gasteiger partial charge in [0.1, 0.15) is 37.1 Å². The smallest absolute Gasteiger partial charge is 0.333 e. The van der Waals surface area contributed by atoms with Gasteiger partial charge in [-0.15, -0.1) is 0 Å². The zero-order valence-corrected chi connectivity index (χ0v) is 25.5. The van der Waals surface area contributed by atoms with E-state index in [4.69, 9.17) is 28.4 Å². The Labute approximate surface area is 246 Å². The molecule has 0 aromatic carbocycles. The average Bonchev–Trinajstić information content (AvgIpc) is 3.33. The van der Waals surface area contributed by atoms with Crippen LogP contribution in [0.2, 0.25) is 0 Å². The zero-order valence-electron chi connectivity index (χ0n) is 25.5. The fraction of sp³-hybridized carbons (Fsp3) is 0.710. The van der Waals surface area contributed by atoms with Crippen molar-refractivity contribution >= 4 is 29.8 Å². The molecule has 0 bridgehead atoms. The SMILES string of the molecule is C/C=C(\C)C(=O)OC1CC[C@@]2(COC(C)=O)OC[C@@]23C(OC(C)=O)C[C@H](C)[C@@](C)(CC(OC(C)=O)C2=CC(=O)OC2)[C@H]13. The van der Waals surface area contributed by atoms with Gasteiger partial charge in [-0.3, -0.25) is 14.4 Å². The van der Waals surface area contributed by atoms with Crippen LogP contribution >= 0.6 is 0 Å². The van der Waals surface area contributed by atoms with Crippen molar-refractivity contribution in [3.63, 3.8) is 0 Å². The summed E-state index contributed by atoms with van der Waals surface area (Å²) >= 11 is 0. The van der Waals surface area contributed by atoms with Gasteiger partial charge in [-0.1, -0.05) is 19.9 Å². The number of cyclic esters (lactones) is 1. The molecule has 11 nitrogen and oxygen atoms in total. The molecular weight excluding hydrogens is 548 g/mol. The van der Waals surface area contributed by atoms with Crippen LogP contribution in [0.15, 0.2) is 23.3 Å². The number of rotatable bonds is 9. The van der Waals surface area contributed by atoms with Crippen LogP contribution in [0, 0.1) is 22.7 Å². The normalized spacial score (nSPS) is 36.2. The Balaban J connectivity index is 1.87. The number of esters is 5. The molecule has 2 aliphatic carbocycles. The second-order valence-corrected chi connectivity index (χ2v) is 12.4. The minimum absolute atomic E-state index is 0.00548. The highest BCUT2D eigenvalue weighted by Gasteiger charge is 2.78. The highest BCUT2D eigenvalue weighted by molar-refractivity contribution is 5.87. The molecule has 4 aliphatic rings. The van der Waals surface area contributed by atoms with Crippen molar-refractivity contribution in [1.29, 1.82) is 0 Å². The molecule has 2 heterocycles. The van der Waals surface area contributed by atoms with Crippen molar-refractivity contribution in [2.45, 2.75) is 98.1 Å². The summed E-state index contributed by atoms with van der Waals surface area (Å²) in [6, 6.07) is 0. The van der Waals surface area contributed by atoms with Crippen molar-refractivity contribution < 1.29 is 52.4 Å². The molecule has 0 N–H and O–H groups in total. The maximum absolute atomic E-state index is 13.2. The van der Waals surface area contributed by atoms with Gasteiger partial charge in [-0.25, -0.2) is 9.59 Å². The number of carbonyl (C=O) groups is 5. The lowest BCUT2D eigenvalue weighted by atomic mass is 9.39. The Kier molecular flexibility index (Phi) is 8.92. The Morgan fingerprint density at radius 2 is 1.81 bits per heavy atom. The minimum atomic E-state index is -0.980. The third-order valence-electron chi connectivity index (χ3n) is 10.0.